The number of carbonyl (C=O) groups is 2. The molecule has 0 bridgehead atoms. The lowest BCUT2D eigenvalue weighted by Crippen LogP contribution is -2.25. The van der Waals surface area contributed by atoms with Crippen molar-refractivity contribution < 1.29 is 9.59 Å². The van der Waals surface area contributed by atoms with Crippen LogP contribution in [0.2, 0.25) is 0 Å². The summed E-state index contributed by atoms with van der Waals surface area (Å²) in [6.07, 6.45) is 7.19. The number of hydrogen-bond acceptors (Lipinski definition) is 3. The molecule has 1 saturated carbocycles. The van der Waals surface area contributed by atoms with Crippen LogP contribution in [0, 0.1) is 0 Å². The average Bonchev–Trinajstić information content (AvgIpc) is 3.33. The highest BCUT2D eigenvalue weighted by Gasteiger charge is 2.24. The largest absolute Gasteiger partial charge is 0.312 e. The van der Waals surface area contributed by atoms with Gasteiger partial charge in [-0.2, -0.15) is 5.10 Å². The number of hydrogen-bond donors (Lipinski definition) is 1. The van der Waals surface area contributed by atoms with Gasteiger partial charge in [-0.3, -0.25) is 9.59 Å². The lowest BCUT2D eigenvalue weighted by atomic mass is 10.1. The predicted molar refractivity (Wildman–Crippen MR) is 95.9 cm³/mol. The maximum atomic E-state index is 12.7. The molecule has 1 fully saturated rings. The molecule has 1 aliphatic heterocycles. The Balaban J connectivity index is 1.53. The molecule has 0 atom stereocenters. The summed E-state index contributed by atoms with van der Waals surface area (Å²) < 4.78 is 1.94. The summed E-state index contributed by atoms with van der Waals surface area (Å²) in [7, 11) is 0. The van der Waals surface area contributed by atoms with E-state index >= 15 is 0 Å². The minimum Gasteiger partial charge on any atom is -0.312 e. The van der Waals surface area contributed by atoms with Crippen LogP contribution in [0.5, 0.6) is 0 Å². The summed E-state index contributed by atoms with van der Waals surface area (Å²) in [5.74, 6) is 0.656. The molecular weight excluding hydrogens is 316 g/mol. The summed E-state index contributed by atoms with van der Waals surface area (Å²) >= 11 is 0. The van der Waals surface area contributed by atoms with Crippen LogP contribution < -0.4 is 10.2 Å². The topological polar surface area (TPSA) is 67.2 Å². The van der Waals surface area contributed by atoms with E-state index in [4.69, 9.17) is 0 Å². The highest BCUT2D eigenvalue weighted by atomic mass is 16.2. The fourth-order valence-electron chi connectivity index (χ4n) is 3.91. The normalized spacial score (nSPS) is 16.9. The van der Waals surface area contributed by atoms with Gasteiger partial charge in [0.1, 0.15) is 5.82 Å². The van der Waals surface area contributed by atoms with Gasteiger partial charge in [-0.1, -0.05) is 12.8 Å². The Labute approximate surface area is 146 Å². The van der Waals surface area contributed by atoms with Crippen molar-refractivity contribution in [3.63, 3.8) is 0 Å². The van der Waals surface area contributed by atoms with E-state index in [0.29, 0.717) is 18.2 Å². The summed E-state index contributed by atoms with van der Waals surface area (Å²) in [4.78, 5) is 26.1. The lowest BCUT2D eigenvalue weighted by molar-refractivity contribution is -0.116. The number of carbonyl (C=O) groups excluding carboxylic acids is 2. The molecule has 1 N–H and O–H groups in total. The van der Waals surface area contributed by atoms with Gasteiger partial charge in [-0.05, 0) is 43.0 Å². The molecule has 2 aliphatic rings. The van der Waals surface area contributed by atoms with Crippen LogP contribution in [-0.4, -0.2) is 28.1 Å². The molecule has 1 aromatic carbocycles. The summed E-state index contributed by atoms with van der Waals surface area (Å²) in [5, 5.41) is 7.38. The molecular formula is C19H22N4O2. The van der Waals surface area contributed by atoms with Gasteiger partial charge in [0.05, 0.1) is 12.2 Å². The van der Waals surface area contributed by atoms with Crippen molar-refractivity contribution in [1.29, 1.82) is 0 Å². The van der Waals surface area contributed by atoms with E-state index in [-0.39, 0.29) is 11.8 Å². The second-order valence-corrected chi connectivity index (χ2v) is 6.82. The Morgan fingerprint density at radius 2 is 2.00 bits per heavy atom. The molecule has 0 unspecified atom stereocenters. The van der Waals surface area contributed by atoms with Crippen LogP contribution in [0.15, 0.2) is 30.5 Å². The van der Waals surface area contributed by atoms with E-state index < -0.39 is 0 Å². The van der Waals surface area contributed by atoms with Crippen molar-refractivity contribution >= 4 is 23.3 Å². The first kappa shape index (κ1) is 15.9. The molecule has 25 heavy (non-hydrogen) atoms. The van der Waals surface area contributed by atoms with E-state index in [1.807, 2.05) is 22.9 Å². The molecule has 0 spiro atoms. The van der Waals surface area contributed by atoms with E-state index in [9.17, 15) is 9.59 Å². The van der Waals surface area contributed by atoms with Gasteiger partial charge >= 0.3 is 0 Å². The molecule has 1 aliphatic carbocycles. The first-order valence-electron chi connectivity index (χ1n) is 8.89. The van der Waals surface area contributed by atoms with Crippen LogP contribution in [-0.2, 0) is 11.2 Å². The fraction of sp³-hybridized carbons (Fsp3) is 0.421. The number of anilines is 2. The molecule has 2 aromatic rings. The molecule has 130 valence electrons. The first-order chi connectivity index (χ1) is 12.1. The zero-order valence-electron chi connectivity index (χ0n) is 14.4. The van der Waals surface area contributed by atoms with E-state index in [1.165, 1.54) is 12.8 Å². The van der Waals surface area contributed by atoms with Gasteiger partial charge in [0, 0.05) is 30.8 Å². The van der Waals surface area contributed by atoms with Crippen LogP contribution >= 0.6 is 0 Å². The fourth-order valence-corrected chi connectivity index (χ4v) is 3.91. The maximum Gasteiger partial charge on any atom is 0.256 e. The van der Waals surface area contributed by atoms with Gasteiger partial charge in [-0.25, -0.2) is 4.68 Å². The highest BCUT2D eigenvalue weighted by molar-refractivity contribution is 6.05. The number of fused-ring (bicyclic) bond motifs is 1. The lowest BCUT2D eigenvalue weighted by Gasteiger charge is -2.16. The van der Waals surface area contributed by atoms with Gasteiger partial charge in [0.15, 0.2) is 0 Å². The minimum absolute atomic E-state index is 0.0383. The van der Waals surface area contributed by atoms with Crippen LogP contribution in [0.4, 0.5) is 11.5 Å². The molecule has 6 nitrogen and oxygen atoms in total. The third-order valence-corrected chi connectivity index (χ3v) is 5.20. The van der Waals surface area contributed by atoms with Gasteiger partial charge in [0.25, 0.3) is 5.91 Å². The summed E-state index contributed by atoms with van der Waals surface area (Å²) in [6.45, 7) is 2.25. The molecule has 0 radical (unpaired) electrons. The third kappa shape index (κ3) is 2.92. The standard InChI is InChI=1S/C19H22N4O2/c1-13(24)22-11-9-14-12-15(6-7-17(14)22)19(25)21-18-8-10-20-23(18)16-4-2-3-5-16/h6-8,10,12,16H,2-5,9,11H2,1H3,(H,21,25). The number of benzene rings is 1. The smallest absolute Gasteiger partial charge is 0.256 e. The van der Waals surface area contributed by atoms with E-state index in [1.54, 1.807) is 24.1 Å². The quantitative estimate of drug-likeness (QED) is 0.935. The molecule has 2 heterocycles. The summed E-state index contributed by atoms with van der Waals surface area (Å²) in [5.41, 5.74) is 2.58. The zero-order valence-corrected chi connectivity index (χ0v) is 14.4. The summed E-state index contributed by atoms with van der Waals surface area (Å²) in [6, 6.07) is 7.78. The SMILES string of the molecule is CC(=O)N1CCc2cc(C(=O)Nc3ccnn3C3CCCC3)ccc21. The number of aromatic nitrogens is 2. The number of amides is 2. The second-order valence-electron chi connectivity index (χ2n) is 6.82. The molecule has 4 rings (SSSR count). The van der Waals surface area contributed by atoms with E-state index in [0.717, 1.165) is 36.3 Å². The van der Waals surface area contributed by atoms with Crippen molar-refractivity contribution in [2.75, 3.05) is 16.8 Å². The monoisotopic (exact) mass is 338 g/mol. The van der Waals surface area contributed by atoms with Crippen molar-refractivity contribution in [3.05, 3.63) is 41.6 Å². The Bertz CT molecular complexity index is 821. The molecule has 6 heteroatoms. The van der Waals surface area contributed by atoms with Crippen LogP contribution in [0.3, 0.4) is 0 Å². The van der Waals surface area contributed by atoms with Crippen molar-refractivity contribution in [2.45, 2.75) is 45.1 Å². The van der Waals surface area contributed by atoms with Crippen LogP contribution in [0.1, 0.15) is 54.6 Å². The van der Waals surface area contributed by atoms with Crippen molar-refractivity contribution in [3.8, 4) is 0 Å². The Hall–Kier alpha value is -2.63. The molecule has 1 aromatic heterocycles. The van der Waals surface area contributed by atoms with Gasteiger partial charge in [0.2, 0.25) is 5.91 Å². The third-order valence-electron chi connectivity index (χ3n) is 5.20. The number of nitrogens with one attached hydrogen (secondary N) is 1. The Kier molecular flexibility index (Phi) is 4.03. The molecule has 2 amide bonds. The van der Waals surface area contributed by atoms with Crippen molar-refractivity contribution in [1.82, 2.24) is 9.78 Å². The first-order valence-corrected chi connectivity index (χ1v) is 8.89. The minimum atomic E-state index is -0.135. The highest BCUT2D eigenvalue weighted by Crippen LogP contribution is 2.32. The number of nitrogens with zero attached hydrogens (tertiary/aromatic N) is 3. The van der Waals surface area contributed by atoms with Gasteiger partial charge < -0.3 is 10.2 Å². The maximum absolute atomic E-state index is 12.7. The second kappa shape index (κ2) is 6.35. The van der Waals surface area contributed by atoms with E-state index in [2.05, 4.69) is 10.4 Å². The van der Waals surface area contributed by atoms with Gasteiger partial charge in [-0.15, -0.1) is 0 Å². The predicted octanol–water partition coefficient (Wildman–Crippen LogP) is 3.16. The zero-order chi connectivity index (χ0) is 17.4. The molecule has 0 saturated heterocycles. The van der Waals surface area contributed by atoms with Crippen LogP contribution in [0.25, 0.3) is 0 Å². The Morgan fingerprint density at radius 1 is 1.20 bits per heavy atom. The Morgan fingerprint density at radius 3 is 2.76 bits per heavy atom. The number of rotatable bonds is 3. The average molecular weight is 338 g/mol. The van der Waals surface area contributed by atoms with Crippen molar-refractivity contribution in [2.24, 2.45) is 0 Å².